The van der Waals surface area contributed by atoms with Crippen LogP contribution in [0.25, 0.3) is 0 Å². The van der Waals surface area contributed by atoms with Crippen LogP contribution in [0.1, 0.15) is 23.2 Å². The summed E-state index contributed by atoms with van der Waals surface area (Å²) in [5.74, 6) is -1.73. The zero-order chi connectivity index (χ0) is 14.9. The lowest BCUT2D eigenvalue weighted by Gasteiger charge is -2.20. The Morgan fingerprint density at radius 3 is 2.60 bits per heavy atom. The molecule has 0 unspecified atom stereocenters. The van der Waals surface area contributed by atoms with E-state index in [1.54, 1.807) is 0 Å². The molecule has 0 aliphatic heterocycles. The minimum absolute atomic E-state index is 0.0472. The summed E-state index contributed by atoms with van der Waals surface area (Å²) in [6, 6.07) is 3.40. The largest absolute Gasteiger partial charge is 0.480 e. The number of nitro groups is 1. The first-order valence-corrected chi connectivity index (χ1v) is 6.24. The van der Waals surface area contributed by atoms with Gasteiger partial charge in [-0.15, -0.1) is 0 Å². The van der Waals surface area contributed by atoms with Gasteiger partial charge in [-0.05, 0) is 18.9 Å². The number of non-ortho nitro benzene ring substituents is 1. The number of rotatable bonds is 5. The lowest BCUT2D eigenvalue weighted by Crippen LogP contribution is -2.37. The average Bonchev–Trinajstić information content (AvgIpc) is 3.19. The van der Waals surface area contributed by atoms with Gasteiger partial charge in [0.05, 0.1) is 15.5 Å². The van der Waals surface area contributed by atoms with Crippen molar-refractivity contribution in [2.24, 2.45) is 0 Å². The van der Waals surface area contributed by atoms with Crippen molar-refractivity contribution in [2.75, 3.05) is 6.54 Å². The molecule has 1 saturated carbocycles. The quantitative estimate of drug-likeness (QED) is 0.661. The van der Waals surface area contributed by atoms with Crippen molar-refractivity contribution in [3.05, 3.63) is 38.9 Å². The van der Waals surface area contributed by atoms with Gasteiger partial charge in [0.1, 0.15) is 6.54 Å². The maximum atomic E-state index is 12.3. The van der Waals surface area contributed by atoms with Gasteiger partial charge in [0, 0.05) is 18.2 Å². The molecular formula is C12H11ClN2O5. The summed E-state index contributed by atoms with van der Waals surface area (Å²) in [7, 11) is 0. The van der Waals surface area contributed by atoms with Crippen molar-refractivity contribution >= 4 is 29.2 Å². The molecule has 7 nitrogen and oxygen atoms in total. The molecule has 1 amide bonds. The predicted molar refractivity (Wildman–Crippen MR) is 69.8 cm³/mol. The van der Waals surface area contributed by atoms with Crippen molar-refractivity contribution in [1.82, 2.24) is 4.90 Å². The van der Waals surface area contributed by atoms with Crippen LogP contribution in [0, 0.1) is 10.1 Å². The van der Waals surface area contributed by atoms with Crippen molar-refractivity contribution in [3.63, 3.8) is 0 Å². The van der Waals surface area contributed by atoms with Gasteiger partial charge in [-0.3, -0.25) is 19.7 Å². The first-order chi connectivity index (χ1) is 9.40. The first kappa shape index (κ1) is 14.3. The molecule has 1 fully saturated rings. The number of nitro benzene ring substituents is 1. The van der Waals surface area contributed by atoms with Crippen LogP contribution >= 0.6 is 11.6 Å². The van der Waals surface area contributed by atoms with Gasteiger partial charge in [-0.25, -0.2) is 0 Å². The van der Waals surface area contributed by atoms with Gasteiger partial charge in [0.2, 0.25) is 0 Å². The summed E-state index contributed by atoms with van der Waals surface area (Å²) in [5, 5.41) is 19.6. The van der Waals surface area contributed by atoms with E-state index in [1.165, 1.54) is 17.0 Å². The molecule has 0 bridgehead atoms. The third kappa shape index (κ3) is 3.05. The Hall–Kier alpha value is -2.15. The standard InChI is InChI=1S/C12H11ClN2O5/c13-10-4-3-8(15(19)20)5-9(10)12(18)14(6-11(16)17)7-1-2-7/h3-5,7H,1-2,6H2,(H,16,17). The molecular weight excluding hydrogens is 288 g/mol. The molecule has 0 heterocycles. The van der Waals surface area contributed by atoms with Crippen LogP contribution in [0.15, 0.2) is 18.2 Å². The van der Waals surface area contributed by atoms with E-state index in [2.05, 4.69) is 0 Å². The molecule has 20 heavy (non-hydrogen) atoms. The third-order valence-electron chi connectivity index (χ3n) is 2.95. The summed E-state index contributed by atoms with van der Waals surface area (Å²) in [6.07, 6.45) is 1.46. The molecule has 1 aromatic rings. The molecule has 1 N–H and O–H groups in total. The number of benzene rings is 1. The highest BCUT2D eigenvalue weighted by atomic mass is 35.5. The van der Waals surface area contributed by atoms with Crippen molar-refractivity contribution in [1.29, 1.82) is 0 Å². The van der Waals surface area contributed by atoms with E-state index < -0.39 is 23.3 Å². The maximum absolute atomic E-state index is 12.3. The fraction of sp³-hybridized carbons (Fsp3) is 0.333. The van der Waals surface area contributed by atoms with Gasteiger partial charge in [-0.2, -0.15) is 0 Å². The molecule has 0 aromatic heterocycles. The van der Waals surface area contributed by atoms with Crippen LogP contribution < -0.4 is 0 Å². The Bertz CT molecular complexity index is 585. The van der Waals surface area contributed by atoms with Crippen LogP contribution in [0.2, 0.25) is 5.02 Å². The Kier molecular flexibility index (Phi) is 3.89. The number of hydrogen-bond acceptors (Lipinski definition) is 4. The van der Waals surface area contributed by atoms with Gasteiger partial charge in [0.15, 0.2) is 0 Å². The molecule has 106 valence electrons. The minimum Gasteiger partial charge on any atom is -0.480 e. The van der Waals surface area contributed by atoms with Crippen LogP contribution in [0.4, 0.5) is 5.69 Å². The fourth-order valence-electron chi connectivity index (χ4n) is 1.84. The highest BCUT2D eigenvalue weighted by molar-refractivity contribution is 6.34. The molecule has 1 aliphatic rings. The lowest BCUT2D eigenvalue weighted by atomic mass is 10.1. The van der Waals surface area contributed by atoms with Crippen molar-refractivity contribution in [3.8, 4) is 0 Å². The van der Waals surface area contributed by atoms with E-state index in [0.717, 1.165) is 18.9 Å². The molecule has 8 heteroatoms. The molecule has 0 saturated heterocycles. The van der Waals surface area contributed by atoms with Gasteiger partial charge >= 0.3 is 5.97 Å². The number of amides is 1. The van der Waals surface area contributed by atoms with E-state index in [4.69, 9.17) is 16.7 Å². The van der Waals surface area contributed by atoms with E-state index in [0.29, 0.717) is 0 Å². The first-order valence-electron chi connectivity index (χ1n) is 5.87. The Morgan fingerprint density at radius 2 is 2.10 bits per heavy atom. The van der Waals surface area contributed by atoms with Crippen molar-refractivity contribution in [2.45, 2.75) is 18.9 Å². The number of hydrogen-bond donors (Lipinski definition) is 1. The Balaban J connectivity index is 2.33. The number of aliphatic carboxylic acids is 1. The second-order valence-electron chi connectivity index (χ2n) is 4.48. The van der Waals surface area contributed by atoms with Gasteiger partial charge in [0.25, 0.3) is 11.6 Å². The topological polar surface area (TPSA) is 101 Å². The molecule has 0 radical (unpaired) electrons. The normalized spacial score (nSPS) is 13.8. The molecule has 0 atom stereocenters. The van der Waals surface area contributed by atoms with E-state index in [-0.39, 0.29) is 22.3 Å². The number of carboxylic acid groups (broad SMARTS) is 1. The number of halogens is 1. The van der Waals surface area contributed by atoms with Crippen LogP contribution in [0.3, 0.4) is 0 Å². The number of carboxylic acids is 1. The summed E-state index contributed by atoms with van der Waals surface area (Å²) in [5.41, 5.74) is -0.308. The molecule has 0 spiro atoms. The van der Waals surface area contributed by atoms with E-state index in [1.807, 2.05) is 0 Å². The second-order valence-corrected chi connectivity index (χ2v) is 4.89. The van der Waals surface area contributed by atoms with Crippen LogP contribution in [-0.4, -0.2) is 39.4 Å². The average molecular weight is 299 g/mol. The number of carbonyl (C=O) groups excluding carboxylic acids is 1. The molecule has 1 aromatic carbocycles. The smallest absolute Gasteiger partial charge is 0.323 e. The van der Waals surface area contributed by atoms with Crippen LogP contribution in [-0.2, 0) is 4.79 Å². The summed E-state index contributed by atoms with van der Waals surface area (Å²) in [4.78, 5) is 34.4. The summed E-state index contributed by atoms with van der Waals surface area (Å²) in [6.45, 7) is -0.442. The maximum Gasteiger partial charge on any atom is 0.323 e. The summed E-state index contributed by atoms with van der Waals surface area (Å²) >= 11 is 5.88. The van der Waals surface area contributed by atoms with Gasteiger partial charge < -0.3 is 10.0 Å². The molecule has 2 rings (SSSR count). The molecule has 1 aliphatic carbocycles. The van der Waals surface area contributed by atoms with E-state index >= 15 is 0 Å². The SMILES string of the molecule is O=C(O)CN(C(=O)c1cc([N+](=O)[O-])ccc1Cl)C1CC1. The Labute approximate surface area is 118 Å². The lowest BCUT2D eigenvalue weighted by molar-refractivity contribution is -0.384. The predicted octanol–water partition coefficient (Wildman–Crippen LogP) is 1.94. The zero-order valence-corrected chi connectivity index (χ0v) is 11.0. The van der Waals surface area contributed by atoms with Crippen molar-refractivity contribution < 1.29 is 19.6 Å². The minimum atomic E-state index is -1.13. The Morgan fingerprint density at radius 1 is 1.45 bits per heavy atom. The highest BCUT2D eigenvalue weighted by Gasteiger charge is 2.35. The second kappa shape index (κ2) is 5.46. The van der Waals surface area contributed by atoms with E-state index in [9.17, 15) is 19.7 Å². The fourth-order valence-corrected chi connectivity index (χ4v) is 2.04. The van der Waals surface area contributed by atoms with Gasteiger partial charge in [-0.1, -0.05) is 11.6 Å². The highest BCUT2D eigenvalue weighted by Crippen LogP contribution is 2.30. The number of carbonyl (C=O) groups is 2. The monoisotopic (exact) mass is 298 g/mol. The zero-order valence-electron chi connectivity index (χ0n) is 10.3. The third-order valence-corrected chi connectivity index (χ3v) is 3.27. The summed E-state index contributed by atoms with van der Waals surface area (Å²) < 4.78 is 0. The number of nitrogens with zero attached hydrogens (tertiary/aromatic N) is 2. The van der Waals surface area contributed by atoms with Crippen LogP contribution in [0.5, 0.6) is 0 Å².